The van der Waals surface area contributed by atoms with Crippen molar-refractivity contribution >= 4 is 0 Å². The highest BCUT2D eigenvalue weighted by molar-refractivity contribution is 5.21. The zero-order valence-corrected chi connectivity index (χ0v) is 8.48. The van der Waals surface area contributed by atoms with Gasteiger partial charge in [0.05, 0.1) is 6.07 Å². The molecule has 3 heteroatoms. The predicted molar refractivity (Wildman–Crippen MR) is 57.0 cm³/mol. The Morgan fingerprint density at radius 2 is 2.13 bits per heavy atom. The van der Waals surface area contributed by atoms with E-state index in [0.29, 0.717) is 19.4 Å². The molecule has 0 spiro atoms. The van der Waals surface area contributed by atoms with E-state index in [-0.39, 0.29) is 6.04 Å². The van der Waals surface area contributed by atoms with Gasteiger partial charge in [-0.05, 0) is 12.1 Å². The molecule has 1 aliphatic rings. The molecule has 0 saturated carbocycles. The van der Waals surface area contributed by atoms with Crippen molar-refractivity contribution in [2.24, 2.45) is 0 Å². The average molecular weight is 202 g/mol. The maximum Gasteiger partial charge on any atom is 0.154 e. The summed E-state index contributed by atoms with van der Waals surface area (Å²) in [7, 11) is 0. The van der Waals surface area contributed by atoms with E-state index in [4.69, 9.17) is 5.26 Å². The van der Waals surface area contributed by atoms with Gasteiger partial charge in [0.2, 0.25) is 0 Å². The van der Waals surface area contributed by atoms with Gasteiger partial charge in [-0.2, -0.15) is 5.26 Å². The Bertz CT molecular complexity index is 371. The van der Waals surface area contributed by atoms with Crippen LogP contribution >= 0.6 is 0 Å². The van der Waals surface area contributed by atoms with Crippen LogP contribution in [0.3, 0.4) is 0 Å². The van der Waals surface area contributed by atoms with Gasteiger partial charge in [-0.15, -0.1) is 0 Å². The molecule has 0 aromatic heterocycles. The molecule has 0 amide bonds. The first-order valence-corrected chi connectivity index (χ1v) is 5.15. The molecule has 15 heavy (non-hydrogen) atoms. The molecule has 2 unspecified atom stereocenters. The number of aliphatic hydroxyl groups is 1. The Morgan fingerprint density at radius 1 is 1.40 bits per heavy atom. The van der Waals surface area contributed by atoms with Crippen molar-refractivity contribution in [1.82, 2.24) is 5.32 Å². The first kappa shape index (κ1) is 10.2. The van der Waals surface area contributed by atoms with Crippen molar-refractivity contribution in [2.45, 2.75) is 24.5 Å². The highest BCUT2D eigenvalue weighted by Crippen LogP contribution is 2.29. The summed E-state index contributed by atoms with van der Waals surface area (Å²) >= 11 is 0. The highest BCUT2D eigenvalue weighted by atomic mass is 16.3. The largest absolute Gasteiger partial charge is 0.375 e. The van der Waals surface area contributed by atoms with Crippen LogP contribution in [0.25, 0.3) is 0 Å². The van der Waals surface area contributed by atoms with Crippen LogP contribution in [0.4, 0.5) is 0 Å². The van der Waals surface area contributed by atoms with Gasteiger partial charge in [0.15, 0.2) is 5.60 Å². The van der Waals surface area contributed by atoms with Crippen molar-refractivity contribution in [1.29, 1.82) is 5.26 Å². The van der Waals surface area contributed by atoms with E-state index in [0.717, 1.165) is 5.56 Å². The molecule has 0 aliphatic carbocycles. The van der Waals surface area contributed by atoms with Crippen molar-refractivity contribution in [3.8, 4) is 6.07 Å². The molecule has 1 heterocycles. The van der Waals surface area contributed by atoms with E-state index in [2.05, 4.69) is 5.32 Å². The van der Waals surface area contributed by atoms with Gasteiger partial charge >= 0.3 is 0 Å². The lowest BCUT2D eigenvalue weighted by molar-refractivity contribution is 0.0482. The third-order valence-corrected chi connectivity index (χ3v) is 2.88. The third-order valence-electron chi connectivity index (χ3n) is 2.88. The Kier molecular flexibility index (Phi) is 2.72. The minimum atomic E-state index is -1.16. The highest BCUT2D eigenvalue weighted by Gasteiger charge is 2.34. The maximum absolute atomic E-state index is 9.91. The lowest BCUT2D eigenvalue weighted by atomic mass is 9.86. The summed E-state index contributed by atoms with van der Waals surface area (Å²) in [5.74, 6) is 0. The number of nitriles is 1. The number of nitrogens with zero attached hydrogens (tertiary/aromatic N) is 1. The van der Waals surface area contributed by atoms with Crippen molar-refractivity contribution < 1.29 is 5.11 Å². The minimum absolute atomic E-state index is 0.0876. The lowest BCUT2D eigenvalue weighted by Gasteiger charge is -2.32. The number of hydrogen-bond acceptors (Lipinski definition) is 3. The smallest absolute Gasteiger partial charge is 0.154 e. The van der Waals surface area contributed by atoms with Crippen LogP contribution in [0.2, 0.25) is 0 Å². The first-order valence-electron chi connectivity index (χ1n) is 5.15. The molecule has 0 radical (unpaired) electrons. The zero-order valence-electron chi connectivity index (χ0n) is 8.48. The second-order valence-electron chi connectivity index (χ2n) is 4.01. The van der Waals surface area contributed by atoms with E-state index < -0.39 is 5.60 Å². The number of nitrogens with one attached hydrogen (secondary N) is 1. The Hall–Kier alpha value is -1.37. The van der Waals surface area contributed by atoms with Crippen molar-refractivity contribution in [2.75, 3.05) is 6.54 Å². The molecule has 2 N–H and O–H groups in total. The molecule has 1 saturated heterocycles. The molecular formula is C12H14N2O. The van der Waals surface area contributed by atoms with Crippen LogP contribution in [-0.2, 0) is 0 Å². The molecule has 3 nitrogen and oxygen atoms in total. The van der Waals surface area contributed by atoms with Crippen LogP contribution in [0.5, 0.6) is 0 Å². The van der Waals surface area contributed by atoms with Gasteiger partial charge in [0.1, 0.15) is 0 Å². The molecule has 1 fully saturated rings. The first-order chi connectivity index (χ1) is 7.23. The van der Waals surface area contributed by atoms with Crippen LogP contribution < -0.4 is 5.32 Å². The summed E-state index contributed by atoms with van der Waals surface area (Å²) in [6, 6.07) is 12.0. The van der Waals surface area contributed by atoms with Crippen molar-refractivity contribution in [3.05, 3.63) is 35.9 Å². The topological polar surface area (TPSA) is 56.0 Å². The molecule has 1 aliphatic heterocycles. The Balaban J connectivity index is 2.16. The number of hydrogen-bond donors (Lipinski definition) is 2. The van der Waals surface area contributed by atoms with E-state index in [9.17, 15) is 5.11 Å². The molecule has 1 aromatic carbocycles. The molecule has 2 rings (SSSR count). The standard InChI is InChI=1S/C12H14N2O/c13-9-12(15)6-7-14-11(8-12)10-4-2-1-3-5-10/h1-5,11,14-15H,6-8H2. The normalized spacial score (nSPS) is 30.8. The van der Waals surface area contributed by atoms with Gasteiger partial charge in [-0.1, -0.05) is 30.3 Å². The predicted octanol–water partition coefficient (Wildman–Crippen LogP) is 1.37. The number of benzene rings is 1. The fourth-order valence-electron chi connectivity index (χ4n) is 1.99. The van der Waals surface area contributed by atoms with Gasteiger partial charge in [0.25, 0.3) is 0 Å². The molecule has 2 atom stereocenters. The van der Waals surface area contributed by atoms with Crippen LogP contribution in [0.1, 0.15) is 24.4 Å². The fraction of sp³-hybridized carbons (Fsp3) is 0.417. The van der Waals surface area contributed by atoms with Gasteiger partial charge in [-0.3, -0.25) is 0 Å². The fourth-order valence-corrected chi connectivity index (χ4v) is 1.99. The minimum Gasteiger partial charge on any atom is -0.375 e. The summed E-state index contributed by atoms with van der Waals surface area (Å²) in [5, 5.41) is 22.1. The summed E-state index contributed by atoms with van der Waals surface area (Å²) < 4.78 is 0. The second-order valence-corrected chi connectivity index (χ2v) is 4.01. The van der Waals surface area contributed by atoms with E-state index in [1.165, 1.54) is 0 Å². The molecule has 1 aromatic rings. The maximum atomic E-state index is 9.91. The molecule has 0 bridgehead atoms. The van der Waals surface area contributed by atoms with E-state index >= 15 is 0 Å². The quantitative estimate of drug-likeness (QED) is 0.676. The summed E-state index contributed by atoms with van der Waals surface area (Å²) in [4.78, 5) is 0. The zero-order chi connectivity index (χ0) is 10.7. The van der Waals surface area contributed by atoms with Gasteiger partial charge in [-0.25, -0.2) is 0 Å². The Labute approximate surface area is 89.4 Å². The van der Waals surface area contributed by atoms with E-state index in [1.54, 1.807) is 0 Å². The second kappa shape index (κ2) is 4.01. The monoisotopic (exact) mass is 202 g/mol. The number of piperidine rings is 1. The molecular weight excluding hydrogens is 188 g/mol. The summed E-state index contributed by atoms with van der Waals surface area (Å²) in [5.41, 5.74) is -0.0305. The summed E-state index contributed by atoms with van der Waals surface area (Å²) in [6.45, 7) is 0.684. The third kappa shape index (κ3) is 2.17. The van der Waals surface area contributed by atoms with Gasteiger partial charge < -0.3 is 10.4 Å². The molecule has 78 valence electrons. The average Bonchev–Trinajstić information content (AvgIpc) is 2.30. The van der Waals surface area contributed by atoms with Gasteiger partial charge in [0, 0.05) is 18.9 Å². The van der Waals surface area contributed by atoms with Crippen molar-refractivity contribution in [3.63, 3.8) is 0 Å². The number of rotatable bonds is 1. The van der Waals surface area contributed by atoms with E-state index in [1.807, 2.05) is 36.4 Å². The lowest BCUT2D eigenvalue weighted by Crippen LogP contribution is -2.42. The van der Waals surface area contributed by atoms with Crippen LogP contribution in [0, 0.1) is 11.3 Å². The van der Waals surface area contributed by atoms with Crippen LogP contribution in [-0.4, -0.2) is 17.3 Å². The Morgan fingerprint density at radius 3 is 2.80 bits per heavy atom. The SMILES string of the molecule is N#CC1(O)CCNC(c2ccccc2)C1. The van der Waals surface area contributed by atoms with Crippen LogP contribution in [0.15, 0.2) is 30.3 Å². The summed E-state index contributed by atoms with van der Waals surface area (Å²) in [6.07, 6.45) is 0.973.